The van der Waals surface area contributed by atoms with Crippen LogP contribution in [0.4, 0.5) is 49.7 Å². The van der Waals surface area contributed by atoms with Crippen molar-refractivity contribution < 1.29 is 48.7 Å². The van der Waals surface area contributed by atoms with Gasteiger partial charge in [-0.25, -0.2) is 9.37 Å². The quantitative estimate of drug-likeness (QED) is 0.158. The molecular weight excluding hydrogens is 643 g/mol. The molecule has 1 unspecified atom stereocenters. The number of halogens is 13. The van der Waals surface area contributed by atoms with Crippen LogP contribution in [0.5, 0.6) is 0 Å². The van der Waals surface area contributed by atoms with Gasteiger partial charge in [0.05, 0.1) is 26.2 Å². The predicted octanol–water partition coefficient (Wildman–Crippen LogP) is 9.49. The number of hydrazine groups is 1. The molecule has 2 N–H and O–H groups in total. The molecule has 0 aliphatic heterocycles. The number of amides is 1. The number of allylic oxidation sites excluding steroid dienone is 1. The van der Waals surface area contributed by atoms with E-state index in [0.29, 0.717) is 18.2 Å². The molecule has 3 aromatic rings. The van der Waals surface area contributed by atoms with E-state index in [4.69, 9.17) is 34.8 Å². The Balaban J connectivity index is 1.96. The van der Waals surface area contributed by atoms with E-state index in [1.807, 2.05) is 5.43 Å². The second-order valence-corrected chi connectivity index (χ2v) is 9.27. The Morgan fingerprint density at radius 2 is 1.46 bits per heavy atom. The van der Waals surface area contributed by atoms with Crippen molar-refractivity contribution in [3.05, 3.63) is 97.6 Å². The number of nitrogens with one attached hydrogen (secondary N) is 2. The maximum absolute atomic E-state index is 15.0. The Kier molecular flexibility index (Phi) is 9.40. The Bertz CT molecular complexity index is 1460. The monoisotopic (exact) mass is 653 g/mol. The van der Waals surface area contributed by atoms with Gasteiger partial charge in [-0.15, -0.1) is 0 Å². The van der Waals surface area contributed by atoms with Crippen LogP contribution in [0.1, 0.15) is 38.7 Å². The summed E-state index contributed by atoms with van der Waals surface area (Å²) >= 11 is 17.2. The Labute approximate surface area is 238 Å². The number of carbonyl (C=O) groups is 1. The first-order valence-corrected chi connectivity index (χ1v) is 11.8. The fraction of sp³-hybridized carbons (Fsp3) is 0.167. The number of pyridine rings is 1. The van der Waals surface area contributed by atoms with Crippen molar-refractivity contribution >= 4 is 52.4 Å². The van der Waals surface area contributed by atoms with Gasteiger partial charge in [0.2, 0.25) is 0 Å². The van der Waals surface area contributed by atoms with Crippen LogP contribution < -0.4 is 10.9 Å². The molecule has 0 bridgehead atoms. The van der Waals surface area contributed by atoms with Gasteiger partial charge >= 0.3 is 18.5 Å². The summed E-state index contributed by atoms with van der Waals surface area (Å²) in [6.07, 6.45) is -15.3. The van der Waals surface area contributed by atoms with Crippen molar-refractivity contribution in [2.75, 3.05) is 5.43 Å². The van der Waals surface area contributed by atoms with E-state index in [1.165, 1.54) is 0 Å². The molecule has 41 heavy (non-hydrogen) atoms. The zero-order valence-electron chi connectivity index (χ0n) is 19.5. The number of carbonyl (C=O) groups excluding carboxylic acids is 1. The Hall–Kier alpha value is -3.23. The number of aromatic nitrogens is 1. The first-order valence-electron chi connectivity index (χ1n) is 10.7. The number of hydrogen-bond acceptors (Lipinski definition) is 3. The molecule has 4 nitrogen and oxygen atoms in total. The summed E-state index contributed by atoms with van der Waals surface area (Å²) in [5, 5.41) is -1.05. The molecule has 1 atom stereocenters. The van der Waals surface area contributed by atoms with Crippen molar-refractivity contribution in [3.8, 4) is 0 Å². The highest BCUT2D eigenvalue weighted by molar-refractivity contribution is 6.48. The van der Waals surface area contributed by atoms with Crippen LogP contribution in [0.3, 0.4) is 0 Å². The fourth-order valence-electron chi connectivity index (χ4n) is 3.35. The van der Waals surface area contributed by atoms with Crippen molar-refractivity contribution in [1.82, 2.24) is 10.4 Å². The zero-order chi connectivity index (χ0) is 30.9. The van der Waals surface area contributed by atoms with E-state index in [1.54, 1.807) is 5.43 Å². The Morgan fingerprint density at radius 3 is 2.00 bits per heavy atom. The van der Waals surface area contributed by atoms with Crippen LogP contribution in [0.2, 0.25) is 15.1 Å². The van der Waals surface area contributed by atoms with Gasteiger partial charge < -0.3 is 0 Å². The lowest BCUT2D eigenvalue weighted by atomic mass is 9.95. The minimum absolute atomic E-state index is 0.00794. The molecule has 0 spiro atoms. The standard InChI is InChI=1S/C24H12Cl3F10N3O/c25-15-7-11(8-16(26)20(15)27)13(22(29,30)31)9-17(28)10-4-5-12(14(6-10)23(32,33)34)21(41)40-39-19-3-1-2-18(38-19)24(35,36)37/h1-9,13H,(H,38,39)(H,40,41)/b17-9-. The summed E-state index contributed by atoms with van der Waals surface area (Å²) in [5.41, 5.74) is -2.21. The summed E-state index contributed by atoms with van der Waals surface area (Å²) in [7, 11) is 0. The van der Waals surface area contributed by atoms with Crippen molar-refractivity contribution in [2.24, 2.45) is 0 Å². The van der Waals surface area contributed by atoms with Crippen molar-refractivity contribution in [1.29, 1.82) is 0 Å². The van der Waals surface area contributed by atoms with Gasteiger partial charge in [-0.3, -0.25) is 15.6 Å². The second kappa shape index (κ2) is 11.9. The van der Waals surface area contributed by atoms with E-state index in [2.05, 4.69) is 4.98 Å². The summed E-state index contributed by atoms with van der Waals surface area (Å²) in [6, 6.07) is 5.19. The topological polar surface area (TPSA) is 54.0 Å². The Morgan fingerprint density at radius 1 is 0.854 bits per heavy atom. The van der Waals surface area contributed by atoms with Gasteiger partial charge in [0.15, 0.2) is 0 Å². The first-order chi connectivity index (χ1) is 18.8. The smallest absolute Gasteiger partial charge is 0.282 e. The van der Waals surface area contributed by atoms with Crippen LogP contribution in [0.25, 0.3) is 5.83 Å². The van der Waals surface area contributed by atoms with Gasteiger partial charge in [0, 0.05) is 5.56 Å². The zero-order valence-corrected chi connectivity index (χ0v) is 21.8. The third-order valence-corrected chi connectivity index (χ3v) is 6.42. The number of hydrogen-bond donors (Lipinski definition) is 2. The molecule has 2 aromatic carbocycles. The number of nitrogens with zero attached hydrogens (tertiary/aromatic N) is 1. The minimum atomic E-state index is -5.31. The molecule has 1 aromatic heterocycles. The number of alkyl halides is 9. The number of benzene rings is 2. The predicted molar refractivity (Wildman–Crippen MR) is 131 cm³/mol. The maximum atomic E-state index is 15.0. The van der Waals surface area contributed by atoms with Gasteiger partial charge in [-0.2, -0.15) is 39.5 Å². The molecule has 0 aliphatic rings. The van der Waals surface area contributed by atoms with Crippen LogP contribution in [-0.4, -0.2) is 17.1 Å². The van der Waals surface area contributed by atoms with Gasteiger partial charge in [0.1, 0.15) is 23.3 Å². The number of rotatable bonds is 6. The van der Waals surface area contributed by atoms with E-state index in [-0.39, 0.29) is 27.2 Å². The summed E-state index contributed by atoms with van der Waals surface area (Å²) < 4.78 is 136. The van der Waals surface area contributed by atoms with Crippen LogP contribution >= 0.6 is 34.8 Å². The molecule has 0 fully saturated rings. The first kappa shape index (κ1) is 32.3. The molecular formula is C24H12Cl3F10N3O. The largest absolute Gasteiger partial charge is 0.433 e. The lowest BCUT2D eigenvalue weighted by Crippen LogP contribution is -2.32. The third kappa shape index (κ3) is 7.95. The van der Waals surface area contributed by atoms with Gasteiger partial charge in [0.25, 0.3) is 5.91 Å². The van der Waals surface area contributed by atoms with E-state index < -0.39 is 69.9 Å². The molecule has 0 radical (unpaired) electrons. The van der Waals surface area contributed by atoms with Gasteiger partial charge in [-0.1, -0.05) is 46.9 Å². The van der Waals surface area contributed by atoms with Crippen LogP contribution in [0.15, 0.2) is 54.6 Å². The van der Waals surface area contributed by atoms with E-state index >= 15 is 0 Å². The van der Waals surface area contributed by atoms with Gasteiger partial charge in [-0.05, 0) is 48.0 Å². The average molecular weight is 655 g/mol. The average Bonchev–Trinajstić information content (AvgIpc) is 2.86. The highest BCUT2D eigenvalue weighted by atomic mass is 35.5. The maximum Gasteiger partial charge on any atom is 0.433 e. The molecule has 0 aliphatic carbocycles. The van der Waals surface area contributed by atoms with E-state index in [9.17, 15) is 48.7 Å². The fourth-order valence-corrected chi connectivity index (χ4v) is 3.97. The third-order valence-electron chi connectivity index (χ3n) is 5.22. The van der Waals surface area contributed by atoms with Crippen LogP contribution in [-0.2, 0) is 12.4 Å². The molecule has 1 heterocycles. The van der Waals surface area contributed by atoms with Crippen LogP contribution in [0, 0.1) is 0 Å². The molecule has 17 heteroatoms. The molecule has 3 rings (SSSR count). The van der Waals surface area contributed by atoms with Crippen molar-refractivity contribution in [2.45, 2.75) is 24.4 Å². The molecule has 1 amide bonds. The van der Waals surface area contributed by atoms with Crippen molar-refractivity contribution in [3.63, 3.8) is 0 Å². The lowest BCUT2D eigenvalue weighted by molar-refractivity contribution is -0.141. The lowest BCUT2D eigenvalue weighted by Gasteiger charge is -2.19. The molecule has 0 saturated carbocycles. The molecule has 220 valence electrons. The SMILES string of the molecule is O=C(NNc1cccc(C(F)(F)F)n1)c1ccc(/C(F)=C/C(c2cc(Cl)c(Cl)c(Cl)c2)C(F)(F)F)cc1C(F)(F)F. The van der Waals surface area contributed by atoms with E-state index in [0.717, 1.165) is 24.3 Å². The summed E-state index contributed by atoms with van der Waals surface area (Å²) in [6.45, 7) is 0. The summed E-state index contributed by atoms with van der Waals surface area (Å²) in [4.78, 5) is 15.6. The highest BCUT2D eigenvalue weighted by Crippen LogP contribution is 2.43. The molecule has 0 saturated heterocycles. The highest BCUT2D eigenvalue weighted by Gasteiger charge is 2.41. The summed E-state index contributed by atoms with van der Waals surface area (Å²) in [5.74, 6) is -6.55. The second-order valence-electron chi connectivity index (χ2n) is 8.08. The normalized spacial score (nSPS) is 13.6. The minimum Gasteiger partial charge on any atom is -0.282 e. The number of anilines is 1.